The Bertz CT molecular complexity index is 490. The maximum atomic E-state index is 11.7. The predicted octanol–water partition coefficient (Wildman–Crippen LogP) is 1.75. The van der Waals surface area contributed by atoms with Crippen molar-refractivity contribution in [3.8, 4) is 0 Å². The highest BCUT2D eigenvalue weighted by Gasteiger charge is 2.21. The molecular weight excluding hydrogens is 334 g/mol. The van der Waals surface area contributed by atoms with Gasteiger partial charge in [0.25, 0.3) is 5.91 Å². The number of hydrogen-bond acceptors (Lipinski definition) is 4. The number of nitrogens with two attached hydrogens (primary N) is 1. The quantitative estimate of drug-likeness (QED) is 0.781. The largest absolute Gasteiger partial charge is 0.383 e. The van der Waals surface area contributed by atoms with Crippen LogP contribution < -0.4 is 16.0 Å². The molecule has 21 heavy (non-hydrogen) atoms. The fourth-order valence-electron chi connectivity index (χ4n) is 2.67. The lowest BCUT2D eigenvalue weighted by Gasteiger charge is -2.29. The van der Waals surface area contributed by atoms with Crippen LogP contribution in [-0.2, 0) is 4.74 Å². The molecule has 0 spiro atoms. The van der Waals surface area contributed by atoms with Crippen LogP contribution in [0.15, 0.2) is 22.7 Å². The average molecular weight is 356 g/mol. The molecule has 1 aromatic carbocycles. The Morgan fingerprint density at radius 3 is 3.00 bits per heavy atom. The number of ether oxygens (including phenoxy) is 1. The van der Waals surface area contributed by atoms with Crippen LogP contribution in [0.4, 0.5) is 5.69 Å². The van der Waals surface area contributed by atoms with Crippen molar-refractivity contribution in [3.05, 3.63) is 28.2 Å². The molecule has 116 valence electrons. The summed E-state index contributed by atoms with van der Waals surface area (Å²) in [7, 11) is 1.68. The molecule has 2 rings (SSSR count). The Hall–Kier alpha value is -1.11. The lowest BCUT2D eigenvalue weighted by atomic mass is 10.1. The summed E-state index contributed by atoms with van der Waals surface area (Å²) in [6, 6.07) is 6.10. The monoisotopic (exact) mass is 355 g/mol. The molecule has 1 aliphatic heterocycles. The SMILES string of the molecule is COCCN(CC1CCCN1)c1ccc(Br)cc1C(N)=O. The van der Waals surface area contributed by atoms with Gasteiger partial charge in [0.15, 0.2) is 0 Å². The van der Waals surface area contributed by atoms with Gasteiger partial charge in [0, 0.05) is 36.4 Å². The van der Waals surface area contributed by atoms with Crippen molar-refractivity contribution in [3.63, 3.8) is 0 Å². The zero-order chi connectivity index (χ0) is 15.2. The number of methoxy groups -OCH3 is 1. The summed E-state index contributed by atoms with van der Waals surface area (Å²) in [5.41, 5.74) is 6.94. The Balaban J connectivity index is 2.23. The van der Waals surface area contributed by atoms with Crippen LogP contribution in [0.2, 0.25) is 0 Å². The van der Waals surface area contributed by atoms with Gasteiger partial charge in [0.1, 0.15) is 0 Å². The van der Waals surface area contributed by atoms with E-state index in [1.54, 1.807) is 13.2 Å². The maximum absolute atomic E-state index is 11.7. The van der Waals surface area contributed by atoms with Crippen LogP contribution in [0.25, 0.3) is 0 Å². The second-order valence-electron chi connectivity index (χ2n) is 5.26. The van der Waals surface area contributed by atoms with E-state index in [1.165, 1.54) is 6.42 Å². The fourth-order valence-corrected chi connectivity index (χ4v) is 3.03. The molecule has 3 N–H and O–H groups in total. The number of carbonyl (C=O) groups excluding carboxylic acids is 1. The van der Waals surface area contributed by atoms with Crippen LogP contribution in [0.3, 0.4) is 0 Å². The molecule has 1 aromatic rings. The minimum atomic E-state index is -0.409. The van der Waals surface area contributed by atoms with Crippen LogP contribution in [-0.4, -0.2) is 45.3 Å². The van der Waals surface area contributed by atoms with Gasteiger partial charge >= 0.3 is 0 Å². The first kappa shape index (κ1) is 16.3. The third-order valence-corrected chi connectivity index (χ3v) is 4.23. The maximum Gasteiger partial charge on any atom is 0.250 e. The molecule has 1 saturated heterocycles. The first-order valence-corrected chi connectivity index (χ1v) is 7.97. The first-order chi connectivity index (χ1) is 10.1. The third-order valence-electron chi connectivity index (χ3n) is 3.73. The normalized spacial score (nSPS) is 17.9. The van der Waals surface area contributed by atoms with Crippen LogP contribution in [0.1, 0.15) is 23.2 Å². The summed E-state index contributed by atoms with van der Waals surface area (Å²) >= 11 is 3.39. The van der Waals surface area contributed by atoms with Gasteiger partial charge < -0.3 is 20.7 Å². The topological polar surface area (TPSA) is 67.6 Å². The highest BCUT2D eigenvalue weighted by atomic mass is 79.9. The van der Waals surface area contributed by atoms with Gasteiger partial charge in [0.2, 0.25) is 0 Å². The molecule has 0 radical (unpaired) electrons. The van der Waals surface area contributed by atoms with E-state index in [4.69, 9.17) is 10.5 Å². The summed E-state index contributed by atoms with van der Waals surface area (Å²) in [4.78, 5) is 13.9. The highest BCUT2D eigenvalue weighted by Crippen LogP contribution is 2.25. The smallest absolute Gasteiger partial charge is 0.250 e. The van der Waals surface area contributed by atoms with Crippen LogP contribution in [0.5, 0.6) is 0 Å². The number of carbonyl (C=O) groups is 1. The molecule has 5 nitrogen and oxygen atoms in total. The minimum absolute atomic E-state index is 0.409. The molecule has 0 saturated carbocycles. The third kappa shape index (κ3) is 4.43. The summed E-state index contributed by atoms with van der Waals surface area (Å²) in [6.45, 7) is 3.26. The lowest BCUT2D eigenvalue weighted by molar-refractivity contribution is 0.100. The van der Waals surface area contributed by atoms with E-state index in [0.717, 1.165) is 36.2 Å². The number of anilines is 1. The average Bonchev–Trinajstić information content (AvgIpc) is 2.96. The summed E-state index contributed by atoms with van der Waals surface area (Å²) in [6.07, 6.45) is 2.36. The van der Waals surface area contributed by atoms with E-state index < -0.39 is 5.91 Å². The number of rotatable bonds is 7. The molecule has 1 heterocycles. The molecule has 1 amide bonds. The fraction of sp³-hybridized carbons (Fsp3) is 0.533. The Morgan fingerprint density at radius 1 is 1.57 bits per heavy atom. The van der Waals surface area contributed by atoms with Crippen molar-refractivity contribution in [2.24, 2.45) is 5.73 Å². The number of nitrogens with one attached hydrogen (secondary N) is 1. The van der Waals surface area contributed by atoms with Crippen molar-refractivity contribution >= 4 is 27.5 Å². The van der Waals surface area contributed by atoms with E-state index in [-0.39, 0.29) is 0 Å². The highest BCUT2D eigenvalue weighted by molar-refractivity contribution is 9.10. The first-order valence-electron chi connectivity index (χ1n) is 7.18. The van der Waals surface area contributed by atoms with Crippen LogP contribution in [0, 0.1) is 0 Å². The molecule has 1 unspecified atom stereocenters. The molecular formula is C15H22BrN3O2. The number of benzene rings is 1. The summed E-state index contributed by atoms with van der Waals surface area (Å²) < 4.78 is 6.05. The standard InChI is InChI=1S/C15H22BrN3O2/c1-21-8-7-19(10-12-3-2-6-18-12)14-5-4-11(16)9-13(14)15(17)20/h4-5,9,12,18H,2-3,6-8,10H2,1H3,(H2,17,20). The van der Waals surface area contributed by atoms with Crippen molar-refractivity contribution < 1.29 is 9.53 Å². The van der Waals surface area contributed by atoms with Crippen molar-refractivity contribution in [1.29, 1.82) is 0 Å². The molecule has 0 bridgehead atoms. The Morgan fingerprint density at radius 2 is 2.38 bits per heavy atom. The van der Waals surface area contributed by atoms with Crippen molar-refractivity contribution in [2.75, 3.05) is 38.3 Å². The van der Waals surface area contributed by atoms with E-state index in [1.807, 2.05) is 12.1 Å². The van der Waals surface area contributed by atoms with E-state index in [0.29, 0.717) is 18.2 Å². The van der Waals surface area contributed by atoms with Gasteiger partial charge in [-0.3, -0.25) is 4.79 Å². The van der Waals surface area contributed by atoms with Crippen LogP contribution >= 0.6 is 15.9 Å². The number of halogens is 1. The van der Waals surface area contributed by atoms with Crippen molar-refractivity contribution in [2.45, 2.75) is 18.9 Å². The summed E-state index contributed by atoms with van der Waals surface area (Å²) in [5.74, 6) is -0.409. The molecule has 1 atom stereocenters. The lowest BCUT2D eigenvalue weighted by Crippen LogP contribution is -2.40. The second-order valence-corrected chi connectivity index (χ2v) is 6.17. The molecule has 0 aromatic heterocycles. The Labute approximate surface area is 134 Å². The van der Waals surface area contributed by atoms with Gasteiger partial charge in [-0.1, -0.05) is 15.9 Å². The van der Waals surface area contributed by atoms with E-state index >= 15 is 0 Å². The van der Waals surface area contributed by atoms with Crippen molar-refractivity contribution in [1.82, 2.24) is 5.32 Å². The Kier molecular flexibility index (Phi) is 6.02. The molecule has 1 fully saturated rings. The summed E-state index contributed by atoms with van der Waals surface area (Å²) in [5, 5.41) is 3.49. The number of nitrogens with zero attached hydrogens (tertiary/aromatic N) is 1. The number of primary amides is 1. The number of hydrogen-bond donors (Lipinski definition) is 2. The zero-order valence-electron chi connectivity index (χ0n) is 12.3. The van der Waals surface area contributed by atoms with Gasteiger partial charge in [-0.2, -0.15) is 0 Å². The van der Waals surface area contributed by atoms with E-state index in [2.05, 4.69) is 26.1 Å². The predicted molar refractivity (Wildman–Crippen MR) is 87.8 cm³/mol. The minimum Gasteiger partial charge on any atom is -0.383 e. The number of amides is 1. The molecule has 0 aliphatic carbocycles. The van der Waals surface area contributed by atoms with Gasteiger partial charge in [-0.25, -0.2) is 0 Å². The van der Waals surface area contributed by atoms with Gasteiger partial charge in [0.05, 0.1) is 12.2 Å². The zero-order valence-corrected chi connectivity index (χ0v) is 13.9. The van der Waals surface area contributed by atoms with Gasteiger partial charge in [-0.05, 0) is 37.6 Å². The molecule has 1 aliphatic rings. The second kappa shape index (κ2) is 7.77. The van der Waals surface area contributed by atoms with Gasteiger partial charge in [-0.15, -0.1) is 0 Å². The van der Waals surface area contributed by atoms with E-state index in [9.17, 15) is 4.79 Å². The molecule has 6 heteroatoms.